The average molecular weight is 411 g/mol. The van der Waals surface area contributed by atoms with Crippen molar-refractivity contribution in [2.75, 3.05) is 6.61 Å². The normalized spacial score (nSPS) is 42.0. The standard InChI is InChI=1S/C26H38N2O2/c1-17-5-8-23-22-7-6-19-16-20(27-29-14-11-21-15-18(2)30-28-21)9-12-26(19,4)24(22)10-13-25(17,23)3/h15,19,22-24H,1,5-14,16H2,2-4H3/t19?,22?,23?,24?,25-,26+/m1/s1. The van der Waals surface area contributed by atoms with Crippen LogP contribution in [-0.2, 0) is 11.3 Å². The highest BCUT2D eigenvalue weighted by Crippen LogP contribution is 2.66. The summed E-state index contributed by atoms with van der Waals surface area (Å²) in [5, 5.41) is 8.58. The van der Waals surface area contributed by atoms with Gasteiger partial charge in [-0.25, -0.2) is 0 Å². The molecule has 0 saturated heterocycles. The lowest BCUT2D eigenvalue weighted by atomic mass is 9.45. The summed E-state index contributed by atoms with van der Waals surface area (Å²) in [6.45, 7) is 12.1. The molecule has 4 fully saturated rings. The molecule has 1 aromatic rings. The third-order valence-electron chi connectivity index (χ3n) is 9.77. The molecule has 6 atom stereocenters. The van der Waals surface area contributed by atoms with Crippen LogP contribution in [0.2, 0.25) is 0 Å². The van der Waals surface area contributed by atoms with Crippen molar-refractivity contribution in [3.05, 3.63) is 29.7 Å². The molecule has 4 saturated carbocycles. The van der Waals surface area contributed by atoms with Gasteiger partial charge in [-0.2, -0.15) is 0 Å². The third-order valence-corrected chi connectivity index (χ3v) is 9.77. The molecule has 0 bridgehead atoms. The SMILES string of the molecule is C=C1CCC2C3CCC4CC(=NOCCc5cc(C)on5)CC[C@]4(C)C3CC[C@]12C. The zero-order chi connectivity index (χ0) is 20.9. The fourth-order valence-corrected chi connectivity index (χ4v) is 7.87. The molecule has 4 unspecified atom stereocenters. The lowest BCUT2D eigenvalue weighted by Gasteiger charge is -2.60. The summed E-state index contributed by atoms with van der Waals surface area (Å²) >= 11 is 0. The van der Waals surface area contributed by atoms with Gasteiger partial charge in [0.1, 0.15) is 12.4 Å². The second kappa shape index (κ2) is 7.53. The van der Waals surface area contributed by atoms with E-state index in [1.807, 2.05) is 13.0 Å². The van der Waals surface area contributed by atoms with E-state index in [-0.39, 0.29) is 0 Å². The van der Waals surface area contributed by atoms with Crippen molar-refractivity contribution >= 4 is 5.71 Å². The van der Waals surface area contributed by atoms with E-state index in [2.05, 4.69) is 30.7 Å². The van der Waals surface area contributed by atoms with E-state index < -0.39 is 0 Å². The maximum absolute atomic E-state index is 5.68. The summed E-state index contributed by atoms with van der Waals surface area (Å²) in [5.74, 6) is 4.34. The van der Waals surface area contributed by atoms with Crippen molar-refractivity contribution in [3.8, 4) is 0 Å². The Labute approximate surface area is 181 Å². The molecule has 4 aliphatic rings. The highest BCUT2D eigenvalue weighted by atomic mass is 16.6. The maximum Gasteiger partial charge on any atom is 0.133 e. The quantitative estimate of drug-likeness (QED) is 0.323. The summed E-state index contributed by atoms with van der Waals surface area (Å²) in [5.41, 5.74) is 4.70. The fraction of sp³-hybridized carbons (Fsp3) is 0.769. The highest BCUT2D eigenvalue weighted by molar-refractivity contribution is 5.85. The molecule has 1 aromatic heterocycles. The smallest absolute Gasteiger partial charge is 0.133 e. The van der Waals surface area contributed by atoms with E-state index in [0.29, 0.717) is 17.4 Å². The van der Waals surface area contributed by atoms with Gasteiger partial charge in [-0.3, -0.25) is 0 Å². The number of nitrogens with zero attached hydrogens (tertiary/aromatic N) is 2. The monoisotopic (exact) mass is 410 g/mol. The van der Waals surface area contributed by atoms with Crippen molar-refractivity contribution < 1.29 is 9.36 Å². The molecule has 0 N–H and O–H groups in total. The number of hydrogen-bond donors (Lipinski definition) is 0. The summed E-state index contributed by atoms with van der Waals surface area (Å²) in [6, 6.07) is 1.97. The predicted octanol–water partition coefficient (Wildman–Crippen LogP) is 6.50. The van der Waals surface area contributed by atoms with Gasteiger partial charge in [0.2, 0.25) is 0 Å². The second-order valence-electron chi connectivity index (χ2n) is 11.1. The van der Waals surface area contributed by atoms with E-state index in [1.165, 1.54) is 50.7 Å². The van der Waals surface area contributed by atoms with Crippen molar-refractivity contribution in [3.63, 3.8) is 0 Å². The van der Waals surface area contributed by atoms with Crippen molar-refractivity contribution in [1.82, 2.24) is 5.16 Å². The van der Waals surface area contributed by atoms with Crippen LogP contribution in [0, 0.1) is 41.4 Å². The van der Waals surface area contributed by atoms with Crippen molar-refractivity contribution in [1.29, 1.82) is 0 Å². The summed E-state index contributed by atoms with van der Waals surface area (Å²) < 4.78 is 5.12. The fourth-order valence-electron chi connectivity index (χ4n) is 7.87. The topological polar surface area (TPSA) is 47.6 Å². The predicted molar refractivity (Wildman–Crippen MR) is 119 cm³/mol. The molecular weight excluding hydrogens is 372 g/mol. The number of fused-ring (bicyclic) bond motifs is 5. The van der Waals surface area contributed by atoms with Crippen LogP contribution in [-0.4, -0.2) is 17.5 Å². The summed E-state index contributed by atoms with van der Waals surface area (Å²) in [7, 11) is 0. The first-order valence-corrected chi connectivity index (χ1v) is 12.2. The Morgan fingerprint density at radius 2 is 2.03 bits per heavy atom. The lowest BCUT2D eigenvalue weighted by Crippen LogP contribution is -2.52. The molecule has 164 valence electrons. The molecule has 0 radical (unpaired) electrons. The minimum Gasteiger partial charge on any atom is -0.395 e. The van der Waals surface area contributed by atoms with Gasteiger partial charge < -0.3 is 9.36 Å². The number of rotatable bonds is 4. The van der Waals surface area contributed by atoms with Crippen LogP contribution >= 0.6 is 0 Å². The molecule has 30 heavy (non-hydrogen) atoms. The van der Waals surface area contributed by atoms with E-state index in [4.69, 9.17) is 9.36 Å². The van der Waals surface area contributed by atoms with Crippen LogP contribution in [0.15, 0.2) is 27.9 Å². The Morgan fingerprint density at radius 1 is 1.17 bits per heavy atom. The van der Waals surface area contributed by atoms with Crippen LogP contribution in [0.5, 0.6) is 0 Å². The van der Waals surface area contributed by atoms with Crippen LogP contribution in [0.3, 0.4) is 0 Å². The largest absolute Gasteiger partial charge is 0.395 e. The van der Waals surface area contributed by atoms with E-state index in [0.717, 1.165) is 54.4 Å². The number of oxime groups is 1. The van der Waals surface area contributed by atoms with E-state index in [1.54, 1.807) is 5.57 Å². The maximum atomic E-state index is 5.68. The van der Waals surface area contributed by atoms with Crippen LogP contribution in [0.4, 0.5) is 0 Å². The molecular formula is C26H38N2O2. The third kappa shape index (κ3) is 3.26. The Bertz CT molecular complexity index is 842. The molecule has 4 aliphatic carbocycles. The first kappa shape index (κ1) is 20.3. The average Bonchev–Trinajstić information content (AvgIpc) is 3.28. The molecule has 0 aromatic carbocycles. The molecule has 0 aliphatic heterocycles. The molecule has 0 spiro atoms. The van der Waals surface area contributed by atoms with Crippen LogP contribution < -0.4 is 0 Å². The Balaban J connectivity index is 1.21. The van der Waals surface area contributed by atoms with Crippen LogP contribution in [0.25, 0.3) is 0 Å². The van der Waals surface area contributed by atoms with Gasteiger partial charge in [0, 0.05) is 12.5 Å². The lowest BCUT2D eigenvalue weighted by molar-refractivity contribution is -0.0859. The Kier molecular flexibility index (Phi) is 5.10. The molecule has 5 rings (SSSR count). The van der Waals surface area contributed by atoms with Crippen LogP contribution in [0.1, 0.15) is 83.1 Å². The zero-order valence-corrected chi connectivity index (χ0v) is 19.1. The zero-order valence-electron chi connectivity index (χ0n) is 19.1. The Hall–Kier alpha value is -1.58. The first-order valence-electron chi connectivity index (χ1n) is 12.2. The molecule has 1 heterocycles. The van der Waals surface area contributed by atoms with Gasteiger partial charge in [0.25, 0.3) is 0 Å². The number of aromatic nitrogens is 1. The van der Waals surface area contributed by atoms with Gasteiger partial charge >= 0.3 is 0 Å². The second-order valence-corrected chi connectivity index (χ2v) is 11.1. The van der Waals surface area contributed by atoms with Crippen molar-refractivity contribution in [2.24, 2.45) is 39.7 Å². The minimum absolute atomic E-state index is 0.432. The first-order chi connectivity index (χ1) is 14.4. The molecule has 4 nitrogen and oxygen atoms in total. The van der Waals surface area contributed by atoms with Gasteiger partial charge in [-0.05, 0) is 99.2 Å². The van der Waals surface area contributed by atoms with Gasteiger partial charge in [-0.15, -0.1) is 0 Å². The van der Waals surface area contributed by atoms with E-state index >= 15 is 0 Å². The molecule has 0 amide bonds. The van der Waals surface area contributed by atoms with Gasteiger partial charge in [0.05, 0.1) is 11.4 Å². The number of hydrogen-bond acceptors (Lipinski definition) is 4. The Morgan fingerprint density at radius 3 is 2.83 bits per heavy atom. The van der Waals surface area contributed by atoms with Crippen molar-refractivity contribution in [2.45, 2.75) is 85.0 Å². The highest BCUT2D eigenvalue weighted by Gasteiger charge is 2.58. The summed E-state index contributed by atoms with van der Waals surface area (Å²) in [6.07, 6.45) is 12.5. The number of aryl methyl sites for hydroxylation is 1. The molecule has 4 heteroatoms. The van der Waals surface area contributed by atoms with Gasteiger partial charge in [0.15, 0.2) is 0 Å². The summed E-state index contributed by atoms with van der Waals surface area (Å²) in [4.78, 5) is 5.68. The van der Waals surface area contributed by atoms with E-state index in [9.17, 15) is 0 Å². The number of allylic oxidation sites excluding steroid dienone is 1. The minimum atomic E-state index is 0.432. The van der Waals surface area contributed by atoms with Gasteiger partial charge in [-0.1, -0.05) is 36.3 Å².